The number of rotatable bonds is 2. The lowest BCUT2D eigenvalue weighted by Crippen LogP contribution is -1.86. The van der Waals surface area contributed by atoms with Gasteiger partial charge in [0.15, 0.2) is 0 Å². The third-order valence-electron chi connectivity index (χ3n) is 8.63. The third kappa shape index (κ3) is 3.30. The van der Waals surface area contributed by atoms with Crippen molar-refractivity contribution >= 4 is 65.0 Å². The second-order valence-electron chi connectivity index (χ2n) is 10.9. The van der Waals surface area contributed by atoms with Crippen LogP contribution < -0.4 is 0 Å². The molecule has 0 unspecified atom stereocenters. The van der Waals surface area contributed by atoms with Crippen LogP contribution in [-0.2, 0) is 0 Å². The maximum atomic E-state index is 6.71. The van der Waals surface area contributed by atoms with Crippen LogP contribution in [0.4, 0.5) is 0 Å². The predicted octanol–water partition coefficient (Wildman–Crippen LogP) is 11.5. The molecule has 0 radical (unpaired) electrons. The van der Waals surface area contributed by atoms with Crippen LogP contribution in [-0.4, -0.2) is 0 Å². The van der Waals surface area contributed by atoms with Crippen molar-refractivity contribution in [3.63, 3.8) is 0 Å². The van der Waals surface area contributed by atoms with Gasteiger partial charge >= 0.3 is 0 Å². The standard InChI is InChI=1S/C40H24O/c1-2-9-25(10-3-1)27-12-8-13-28(23-27)29-17-19-34-36(24-29)32-16-7-6-15-31(32)33-20-21-35-38-30-14-5-4-11-26(30)18-22-37(38)41-40(35)39(33)34/h1-24H. The molecule has 41 heavy (non-hydrogen) atoms. The molecule has 0 N–H and O–H groups in total. The van der Waals surface area contributed by atoms with Crippen LogP contribution in [0.3, 0.4) is 0 Å². The average molecular weight is 521 g/mol. The van der Waals surface area contributed by atoms with Crippen molar-refractivity contribution in [1.29, 1.82) is 0 Å². The molecule has 1 aromatic heterocycles. The van der Waals surface area contributed by atoms with Crippen molar-refractivity contribution in [2.75, 3.05) is 0 Å². The average Bonchev–Trinajstić information content (AvgIpc) is 3.44. The van der Waals surface area contributed by atoms with Crippen LogP contribution in [0.1, 0.15) is 0 Å². The van der Waals surface area contributed by atoms with E-state index < -0.39 is 0 Å². The summed E-state index contributed by atoms with van der Waals surface area (Å²) in [7, 11) is 0. The minimum absolute atomic E-state index is 0.932. The van der Waals surface area contributed by atoms with Gasteiger partial charge in [0.1, 0.15) is 11.2 Å². The molecule has 0 fully saturated rings. The summed E-state index contributed by atoms with van der Waals surface area (Å²) in [6.07, 6.45) is 0. The number of benzene rings is 8. The highest BCUT2D eigenvalue weighted by Crippen LogP contribution is 2.44. The Labute approximate surface area is 236 Å². The molecule has 1 nitrogen and oxygen atoms in total. The first-order valence-corrected chi connectivity index (χ1v) is 14.1. The molecule has 0 aliphatic carbocycles. The van der Waals surface area contributed by atoms with Crippen LogP contribution in [0.15, 0.2) is 150 Å². The third-order valence-corrected chi connectivity index (χ3v) is 8.63. The van der Waals surface area contributed by atoms with Gasteiger partial charge in [-0.2, -0.15) is 0 Å². The van der Waals surface area contributed by atoms with E-state index in [0.29, 0.717) is 0 Å². The largest absolute Gasteiger partial charge is 0.455 e. The fraction of sp³-hybridized carbons (Fsp3) is 0. The normalized spacial score (nSPS) is 11.9. The summed E-state index contributed by atoms with van der Waals surface area (Å²) in [6, 6.07) is 52.5. The molecule has 1 heterocycles. The Kier molecular flexibility index (Phi) is 4.67. The monoisotopic (exact) mass is 520 g/mol. The van der Waals surface area contributed by atoms with Gasteiger partial charge in [0.25, 0.3) is 0 Å². The maximum Gasteiger partial charge on any atom is 0.143 e. The number of hydrogen-bond acceptors (Lipinski definition) is 1. The minimum Gasteiger partial charge on any atom is -0.455 e. The predicted molar refractivity (Wildman–Crippen MR) is 175 cm³/mol. The summed E-state index contributed by atoms with van der Waals surface area (Å²) in [6.45, 7) is 0. The SMILES string of the molecule is c1ccc(-c2cccc(-c3ccc4c(c3)c3ccccc3c3ccc5c(oc6ccc7ccccc7c65)c34)c2)cc1. The van der Waals surface area contributed by atoms with Crippen molar-refractivity contribution in [3.8, 4) is 22.3 Å². The number of fused-ring (bicyclic) bond motifs is 12. The van der Waals surface area contributed by atoms with E-state index in [1.807, 2.05) is 0 Å². The van der Waals surface area contributed by atoms with Gasteiger partial charge < -0.3 is 4.42 Å². The first-order valence-electron chi connectivity index (χ1n) is 14.1. The molecular weight excluding hydrogens is 496 g/mol. The van der Waals surface area contributed by atoms with Gasteiger partial charge in [0, 0.05) is 16.2 Å². The lowest BCUT2D eigenvalue weighted by molar-refractivity contribution is 0.673. The van der Waals surface area contributed by atoms with E-state index in [4.69, 9.17) is 4.42 Å². The molecule has 0 saturated carbocycles. The lowest BCUT2D eigenvalue weighted by Gasteiger charge is -2.13. The van der Waals surface area contributed by atoms with Gasteiger partial charge in [-0.25, -0.2) is 0 Å². The quantitative estimate of drug-likeness (QED) is 0.207. The van der Waals surface area contributed by atoms with Crippen molar-refractivity contribution in [3.05, 3.63) is 146 Å². The van der Waals surface area contributed by atoms with Gasteiger partial charge in [0.2, 0.25) is 0 Å². The maximum absolute atomic E-state index is 6.71. The second kappa shape index (κ2) is 8.55. The molecule has 0 aliphatic heterocycles. The number of hydrogen-bond donors (Lipinski definition) is 0. The zero-order valence-electron chi connectivity index (χ0n) is 22.3. The molecule has 0 aliphatic rings. The summed E-state index contributed by atoms with van der Waals surface area (Å²) in [5.74, 6) is 0. The zero-order chi connectivity index (χ0) is 26.9. The lowest BCUT2D eigenvalue weighted by atomic mass is 9.90. The summed E-state index contributed by atoms with van der Waals surface area (Å²) in [4.78, 5) is 0. The van der Waals surface area contributed by atoms with Crippen LogP contribution in [0.5, 0.6) is 0 Å². The second-order valence-corrected chi connectivity index (χ2v) is 10.9. The molecule has 0 bridgehead atoms. The summed E-state index contributed by atoms with van der Waals surface area (Å²) in [5, 5.41) is 12.2. The van der Waals surface area contributed by atoms with E-state index in [1.165, 1.54) is 76.1 Å². The van der Waals surface area contributed by atoms with Crippen LogP contribution >= 0.6 is 0 Å². The fourth-order valence-electron chi connectivity index (χ4n) is 6.73. The minimum atomic E-state index is 0.932. The molecule has 0 spiro atoms. The zero-order valence-corrected chi connectivity index (χ0v) is 22.3. The van der Waals surface area contributed by atoms with Crippen LogP contribution in [0.25, 0.3) is 87.3 Å². The van der Waals surface area contributed by atoms with E-state index in [1.54, 1.807) is 0 Å². The van der Waals surface area contributed by atoms with Crippen molar-refractivity contribution < 1.29 is 4.42 Å². The smallest absolute Gasteiger partial charge is 0.143 e. The van der Waals surface area contributed by atoms with Gasteiger partial charge in [-0.3, -0.25) is 0 Å². The van der Waals surface area contributed by atoms with Gasteiger partial charge in [0.05, 0.1) is 0 Å². The topological polar surface area (TPSA) is 13.1 Å². The first-order chi connectivity index (χ1) is 20.3. The molecule has 9 aromatic rings. The number of furan rings is 1. The molecule has 0 saturated heterocycles. The summed E-state index contributed by atoms with van der Waals surface area (Å²) in [5.41, 5.74) is 6.77. The molecular formula is C40H24O. The van der Waals surface area contributed by atoms with Gasteiger partial charge in [-0.05, 0) is 84.2 Å². The van der Waals surface area contributed by atoms with E-state index in [-0.39, 0.29) is 0 Å². The Bertz CT molecular complexity index is 2460. The Hall–Kier alpha value is -5.40. The molecule has 190 valence electrons. The van der Waals surface area contributed by atoms with Crippen LogP contribution in [0.2, 0.25) is 0 Å². The highest BCUT2D eigenvalue weighted by Gasteiger charge is 2.17. The molecule has 9 rings (SSSR count). The van der Waals surface area contributed by atoms with Gasteiger partial charge in [-0.1, -0.05) is 121 Å². The highest BCUT2D eigenvalue weighted by atomic mass is 16.3. The Morgan fingerprint density at radius 1 is 0.317 bits per heavy atom. The van der Waals surface area contributed by atoms with E-state index in [9.17, 15) is 0 Å². The van der Waals surface area contributed by atoms with E-state index in [0.717, 1.165) is 11.2 Å². The van der Waals surface area contributed by atoms with Crippen molar-refractivity contribution in [2.45, 2.75) is 0 Å². The van der Waals surface area contributed by atoms with Crippen molar-refractivity contribution in [2.24, 2.45) is 0 Å². The molecule has 8 aromatic carbocycles. The fourth-order valence-corrected chi connectivity index (χ4v) is 6.73. The molecule has 0 amide bonds. The van der Waals surface area contributed by atoms with E-state index in [2.05, 4.69) is 146 Å². The summed E-state index contributed by atoms with van der Waals surface area (Å²) < 4.78 is 6.71. The van der Waals surface area contributed by atoms with Crippen molar-refractivity contribution in [1.82, 2.24) is 0 Å². The summed E-state index contributed by atoms with van der Waals surface area (Å²) >= 11 is 0. The molecule has 1 heteroatoms. The Morgan fingerprint density at radius 3 is 1.78 bits per heavy atom. The van der Waals surface area contributed by atoms with Gasteiger partial charge in [-0.15, -0.1) is 0 Å². The molecule has 0 atom stereocenters. The van der Waals surface area contributed by atoms with E-state index >= 15 is 0 Å². The first kappa shape index (κ1) is 22.4. The highest BCUT2D eigenvalue weighted by molar-refractivity contribution is 6.34. The Morgan fingerprint density at radius 2 is 0.927 bits per heavy atom. The Balaban J connectivity index is 1.37. The van der Waals surface area contributed by atoms with Crippen LogP contribution in [0, 0.1) is 0 Å².